The zero-order valence-electron chi connectivity index (χ0n) is 11.6. The zero-order chi connectivity index (χ0) is 15.1. The second-order valence-electron chi connectivity index (χ2n) is 4.68. The van der Waals surface area contributed by atoms with E-state index in [-0.39, 0.29) is 10.8 Å². The standard InChI is InChI=1S/C16H17FN2OS/c17-14-3-4-15(16(18)21)13(10-14)11-20-9-1-2-12-5-7-19-8-6-12/h3-8,10H,1-2,9,11H2,(H2,18,21). The van der Waals surface area contributed by atoms with E-state index < -0.39 is 0 Å². The fraction of sp³-hybridized carbons (Fsp3) is 0.250. The molecule has 0 saturated heterocycles. The van der Waals surface area contributed by atoms with E-state index in [2.05, 4.69) is 4.98 Å². The van der Waals surface area contributed by atoms with Gasteiger partial charge in [-0.3, -0.25) is 4.98 Å². The molecule has 2 N–H and O–H groups in total. The topological polar surface area (TPSA) is 48.1 Å². The number of aryl methyl sites for hydroxylation is 1. The summed E-state index contributed by atoms with van der Waals surface area (Å²) in [4.78, 5) is 4.23. The van der Waals surface area contributed by atoms with Crippen molar-refractivity contribution in [2.24, 2.45) is 5.73 Å². The molecular formula is C16H17FN2OS. The monoisotopic (exact) mass is 304 g/mol. The SMILES string of the molecule is NC(=S)c1ccc(F)cc1COCCCc1ccncc1. The summed E-state index contributed by atoms with van der Waals surface area (Å²) in [7, 11) is 0. The van der Waals surface area contributed by atoms with Crippen LogP contribution in [0.4, 0.5) is 4.39 Å². The van der Waals surface area contributed by atoms with Crippen LogP contribution in [0.1, 0.15) is 23.1 Å². The second kappa shape index (κ2) is 7.81. The van der Waals surface area contributed by atoms with Crippen LogP contribution in [0, 0.1) is 5.82 Å². The van der Waals surface area contributed by atoms with Crippen LogP contribution in [0.25, 0.3) is 0 Å². The van der Waals surface area contributed by atoms with Gasteiger partial charge in [0.1, 0.15) is 10.8 Å². The van der Waals surface area contributed by atoms with Crippen LogP contribution in [0.2, 0.25) is 0 Å². The molecule has 0 radical (unpaired) electrons. The lowest BCUT2D eigenvalue weighted by molar-refractivity contribution is 0.118. The molecule has 0 amide bonds. The summed E-state index contributed by atoms with van der Waals surface area (Å²) >= 11 is 4.95. The number of pyridine rings is 1. The van der Waals surface area contributed by atoms with E-state index in [0.717, 1.165) is 12.8 Å². The highest BCUT2D eigenvalue weighted by molar-refractivity contribution is 7.80. The van der Waals surface area contributed by atoms with Crippen LogP contribution in [0.3, 0.4) is 0 Å². The maximum absolute atomic E-state index is 13.3. The Morgan fingerprint density at radius 1 is 1.24 bits per heavy atom. The number of thiocarbonyl (C=S) groups is 1. The third-order valence-electron chi connectivity index (χ3n) is 3.09. The summed E-state index contributed by atoms with van der Waals surface area (Å²) in [6, 6.07) is 8.32. The van der Waals surface area contributed by atoms with Crippen LogP contribution < -0.4 is 5.73 Å². The van der Waals surface area contributed by atoms with Gasteiger partial charge >= 0.3 is 0 Å². The number of aromatic nitrogens is 1. The lowest BCUT2D eigenvalue weighted by Crippen LogP contribution is -2.13. The molecule has 0 atom stereocenters. The lowest BCUT2D eigenvalue weighted by Gasteiger charge is -2.09. The average molecular weight is 304 g/mol. The van der Waals surface area contributed by atoms with Crippen molar-refractivity contribution in [1.82, 2.24) is 4.98 Å². The Bertz CT molecular complexity index is 604. The number of halogens is 1. The van der Waals surface area contributed by atoms with Gasteiger partial charge in [0.05, 0.1) is 6.61 Å². The first-order valence-electron chi connectivity index (χ1n) is 6.71. The fourth-order valence-electron chi connectivity index (χ4n) is 2.03. The summed E-state index contributed by atoms with van der Waals surface area (Å²) in [6.45, 7) is 0.899. The van der Waals surface area contributed by atoms with E-state index in [1.165, 1.54) is 17.7 Å². The zero-order valence-corrected chi connectivity index (χ0v) is 12.4. The summed E-state index contributed by atoms with van der Waals surface area (Å²) in [5.74, 6) is -0.314. The van der Waals surface area contributed by atoms with Gasteiger partial charge in [0, 0.05) is 24.6 Å². The van der Waals surface area contributed by atoms with E-state index in [1.807, 2.05) is 12.1 Å². The van der Waals surface area contributed by atoms with Gasteiger partial charge < -0.3 is 10.5 Å². The summed E-state index contributed by atoms with van der Waals surface area (Å²) in [5.41, 5.74) is 8.20. The van der Waals surface area contributed by atoms with Crippen molar-refractivity contribution in [2.75, 3.05) is 6.61 Å². The molecule has 0 saturated carbocycles. The number of hydrogen-bond donors (Lipinski definition) is 1. The summed E-state index contributed by atoms with van der Waals surface area (Å²) in [5, 5.41) is 0. The molecule has 2 rings (SSSR count). The molecule has 0 bridgehead atoms. The first kappa shape index (κ1) is 15.5. The molecule has 0 unspecified atom stereocenters. The third kappa shape index (κ3) is 4.88. The van der Waals surface area contributed by atoms with Gasteiger partial charge in [-0.15, -0.1) is 0 Å². The van der Waals surface area contributed by atoms with E-state index in [1.54, 1.807) is 18.5 Å². The minimum Gasteiger partial charge on any atom is -0.389 e. The molecule has 1 heterocycles. The van der Waals surface area contributed by atoms with Gasteiger partial charge in [0.2, 0.25) is 0 Å². The largest absolute Gasteiger partial charge is 0.389 e. The molecular weight excluding hydrogens is 287 g/mol. The Morgan fingerprint density at radius 2 is 2.00 bits per heavy atom. The molecule has 0 aliphatic rings. The van der Waals surface area contributed by atoms with Crippen LogP contribution >= 0.6 is 12.2 Å². The van der Waals surface area contributed by atoms with Crippen molar-refractivity contribution < 1.29 is 9.13 Å². The predicted octanol–water partition coefficient (Wildman–Crippen LogP) is 3.00. The van der Waals surface area contributed by atoms with Crippen LogP contribution in [0.15, 0.2) is 42.7 Å². The van der Waals surface area contributed by atoms with Crippen LogP contribution in [-0.4, -0.2) is 16.6 Å². The number of hydrogen-bond acceptors (Lipinski definition) is 3. The molecule has 5 heteroatoms. The number of nitrogens with two attached hydrogens (primary N) is 1. The van der Waals surface area contributed by atoms with E-state index >= 15 is 0 Å². The predicted molar refractivity (Wildman–Crippen MR) is 84.5 cm³/mol. The third-order valence-corrected chi connectivity index (χ3v) is 3.31. The number of nitrogens with zero attached hydrogens (tertiary/aromatic N) is 1. The Labute approximate surface area is 129 Å². The van der Waals surface area contributed by atoms with Crippen molar-refractivity contribution in [3.8, 4) is 0 Å². The molecule has 110 valence electrons. The van der Waals surface area contributed by atoms with Crippen LogP contribution in [0.5, 0.6) is 0 Å². The minimum atomic E-state index is -0.314. The van der Waals surface area contributed by atoms with E-state index in [9.17, 15) is 4.39 Å². The smallest absolute Gasteiger partial charge is 0.123 e. The van der Waals surface area contributed by atoms with Crippen LogP contribution in [-0.2, 0) is 17.8 Å². The van der Waals surface area contributed by atoms with Gasteiger partial charge in [-0.25, -0.2) is 4.39 Å². The first-order valence-corrected chi connectivity index (χ1v) is 7.12. The van der Waals surface area contributed by atoms with Gasteiger partial charge in [-0.05, 0) is 54.3 Å². The number of rotatable bonds is 7. The lowest BCUT2D eigenvalue weighted by atomic mass is 10.1. The first-order chi connectivity index (χ1) is 10.2. The average Bonchev–Trinajstić information content (AvgIpc) is 2.48. The molecule has 21 heavy (non-hydrogen) atoms. The van der Waals surface area contributed by atoms with E-state index in [4.69, 9.17) is 22.7 Å². The Kier molecular flexibility index (Phi) is 5.78. The maximum atomic E-state index is 13.3. The summed E-state index contributed by atoms with van der Waals surface area (Å²) in [6.07, 6.45) is 5.37. The highest BCUT2D eigenvalue weighted by Gasteiger charge is 2.06. The maximum Gasteiger partial charge on any atom is 0.123 e. The number of benzene rings is 1. The quantitative estimate of drug-likeness (QED) is 0.631. The molecule has 0 fully saturated rings. The van der Waals surface area contributed by atoms with Crippen molar-refractivity contribution in [1.29, 1.82) is 0 Å². The number of ether oxygens (including phenoxy) is 1. The van der Waals surface area contributed by atoms with Gasteiger partial charge in [-0.1, -0.05) is 12.2 Å². The van der Waals surface area contributed by atoms with Crippen molar-refractivity contribution in [3.63, 3.8) is 0 Å². The Hall–Kier alpha value is -1.85. The highest BCUT2D eigenvalue weighted by atomic mass is 32.1. The molecule has 0 aliphatic heterocycles. The van der Waals surface area contributed by atoms with E-state index in [0.29, 0.717) is 24.3 Å². The fourth-order valence-corrected chi connectivity index (χ4v) is 2.23. The van der Waals surface area contributed by atoms with Gasteiger partial charge in [0.15, 0.2) is 0 Å². The second-order valence-corrected chi connectivity index (χ2v) is 5.12. The van der Waals surface area contributed by atoms with Crippen molar-refractivity contribution >= 4 is 17.2 Å². The van der Waals surface area contributed by atoms with Gasteiger partial charge in [0.25, 0.3) is 0 Å². The molecule has 3 nitrogen and oxygen atoms in total. The van der Waals surface area contributed by atoms with Crippen molar-refractivity contribution in [2.45, 2.75) is 19.4 Å². The molecule has 0 spiro atoms. The summed E-state index contributed by atoms with van der Waals surface area (Å²) < 4.78 is 18.9. The molecule has 1 aromatic carbocycles. The molecule has 1 aromatic heterocycles. The molecule has 0 aliphatic carbocycles. The minimum absolute atomic E-state index is 0.255. The van der Waals surface area contributed by atoms with Crippen molar-refractivity contribution in [3.05, 3.63) is 65.2 Å². The Morgan fingerprint density at radius 3 is 2.71 bits per heavy atom. The Balaban J connectivity index is 1.81. The highest BCUT2D eigenvalue weighted by Crippen LogP contribution is 2.13. The normalized spacial score (nSPS) is 10.5. The molecule has 2 aromatic rings. The van der Waals surface area contributed by atoms with Gasteiger partial charge in [-0.2, -0.15) is 0 Å².